The van der Waals surface area contributed by atoms with E-state index in [0.29, 0.717) is 30.1 Å². The Morgan fingerprint density at radius 1 is 0.914 bits per heavy atom. The summed E-state index contributed by atoms with van der Waals surface area (Å²) in [5, 5.41) is 0. The zero-order chi connectivity index (χ0) is 25.0. The zero-order valence-electron chi connectivity index (χ0n) is 20.7. The van der Waals surface area contributed by atoms with Crippen LogP contribution in [0.15, 0.2) is 85.5 Å². The van der Waals surface area contributed by atoms with Crippen LogP contribution in [-0.2, 0) is 4.74 Å². The van der Waals surface area contributed by atoms with Gasteiger partial charge in [0.15, 0.2) is 5.78 Å². The van der Waals surface area contributed by atoms with Crippen LogP contribution in [0.25, 0.3) is 11.1 Å². The topological polar surface area (TPSA) is 52.6 Å². The van der Waals surface area contributed by atoms with Crippen LogP contribution in [0, 0.1) is 0 Å². The van der Waals surface area contributed by atoms with Crippen molar-refractivity contribution in [1.29, 1.82) is 0 Å². The Kier molecular flexibility index (Phi) is 9.85. The molecule has 4 heteroatoms. The van der Waals surface area contributed by atoms with Gasteiger partial charge in [0.1, 0.15) is 12.4 Å². The summed E-state index contributed by atoms with van der Waals surface area (Å²) in [6.07, 6.45) is 5.85. The van der Waals surface area contributed by atoms with E-state index < -0.39 is 5.92 Å². The van der Waals surface area contributed by atoms with Crippen molar-refractivity contribution < 1.29 is 19.1 Å². The van der Waals surface area contributed by atoms with E-state index in [9.17, 15) is 9.59 Å². The molecule has 1 unspecified atom stereocenters. The molecule has 0 aliphatic heterocycles. The summed E-state index contributed by atoms with van der Waals surface area (Å²) in [6.45, 7) is 8.49. The summed E-state index contributed by atoms with van der Waals surface area (Å²) in [5.41, 5.74) is 3.77. The molecule has 3 aromatic rings. The Hall–Kier alpha value is -3.66. The average Bonchev–Trinajstić information content (AvgIpc) is 2.91. The van der Waals surface area contributed by atoms with Gasteiger partial charge in [0.25, 0.3) is 0 Å². The van der Waals surface area contributed by atoms with Gasteiger partial charge in [-0.2, -0.15) is 0 Å². The minimum atomic E-state index is -0.456. The standard InChI is InChI=1S/C31H34O4/c1-4-6-7-11-21-35-31(33)26-16-19-28(24-12-9-8-10-13-24)29(22-26)23(3)30(32)25-14-17-27(18-15-25)34-20-5-2/h5,8-10,12-19,22-23H,2,4,6-7,11,20-21H2,1,3H3. The number of unbranched alkanes of at least 4 members (excludes halogenated alkanes) is 3. The highest BCUT2D eigenvalue weighted by Gasteiger charge is 2.23. The van der Waals surface area contributed by atoms with Crippen LogP contribution >= 0.6 is 0 Å². The molecule has 182 valence electrons. The zero-order valence-corrected chi connectivity index (χ0v) is 20.7. The molecule has 0 heterocycles. The van der Waals surface area contributed by atoms with Gasteiger partial charge in [0.05, 0.1) is 12.2 Å². The van der Waals surface area contributed by atoms with E-state index in [0.717, 1.165) is 42.4 Å². The lowest BCUT2D eigenvalue weighted by Crippen LogP contribution is -2.13. The average molecular weight is 471 g/mol. The molecule has 35 heavy (non-hydrogen) atoms. The van der Waals surface area contributed by atoms with Crippen molar-refractivity contribution in [1.82, 2.24) is 0 Å². The van der Waals surface area contributed by atoms with Gasteiger partial charge in [-0.25, -0.2) is 4.79 Å². The molecule has 0 saturated heterocycles. The Morgan fingerprint density at radius 3 is 2.31 bits per heavy atom. The highest BCUT2D eigenvalue weighted by molar-refractivity contribution is 6.02. The molecule has 3 rings (SSSR count). The number of Topliss-reactive ketones (excluding diaryl/α,β-unsaturated/α-hetero) is 1. The largest absolute Gasteiger partial charge is 0.490 e. The maximum Gasteiger partial charge on any atom is 0.338 e. The molecular weight excluding hydrogens is 436 g/mol. The van der Waals surface area contributed by atoms with Crippen molar-refractivity contribution >= 4 is 11.8 Å². The molecule has 0 amide bonds. The van der Waals surface area contributed by atoms with Crippen molar-refractivity contribution in [2.45, 2.75) is 45.4 Å². The fourth-order valence-electron chi connectivity index (χ4n) is 3.97. The molecular formula is C31H34O4. The quantitative estimate of drug-likeness (QED) is 0.111. The van der Waals surface area contributed by atoms with E-state index >= 15 is 0 Å². The second kappa shape index (κ2) is 13.3. The number of hydrogen-bond donors (Lipinski definition) is 0. The van der Waals surface area contributed by atoms with Crippen LogP contribution in [0.3, 0.4) is 0 Å². The van der Waals surface area contributed by atoms with Crippen molar-refractivity contribution in [3.8, 4) is 16.9 Å². The van der Waals surface area contributed by atoms with Crippen LogP contribution in [0.2, 0.25) is 0 Å². The number of rotatable bonds is 13. The number of esters is 1. The van der Waals surface area contributed by atoms with Gasteiger partial charge in [-0.3, -0.25) is 4.79 Å². The summed E-state index contributed by atoms with van der Waals surface area (Å²) in [5.74, 6) is -0.154. The smallest absolute Gasteiger partial charge is 0.338 e. The third-order valence-corrected chi connectivity index (χ3v) is 5.97. The SMILES string of the molecule is C=CCOc1ccc(C(=O)C(C)c2cc(C(=O)OCCCCCC)ccc2-c2ccccc2)cc1. The van der Waals surface area contributed by atoms with E-state index in [2.05, 4.69) is 13.5 Å². The van der Waals surface area contributed by atoms with Gasteiger partial charge in [0.2, 0.25) is 0 Å². The molecule has 0 aliphatic rings. The van der Waals surface area contributed by atoms with Crippen molar-refractivity contribution in [2.24, 2.45) is 0 Å². The highest BCUT2D eigenvalue weighted by atomic mass is 16.5. The molecule has 0 bridgehead atoms. The first-order chi connectivity index (χ1) is 17.0. The van der Waals surface area contributed by atoms with Crippen molar-refractivity contribution in [3.63, 3.8) is 0 Å². The van der Waals surface area contributed by atoms with Gasteiger partial charge in [-0.1, -0.05) is 82.2 Å². The Bertz CT molecular complexity index is 1120. The normalized spacial score (nSPS) is 11.5. The predicted molar refractivity (Wildman–Crippen MR) is 141 cm³/mol. The molecule has 1 atom stereocenters. The van der Waals surface area contributed by atoms with Crippen molar-refractivity contribution in [3.05, 3.63) is 102 Å². The summed E-state index contributed by atoms with van der Waals surface area (Å²) >= 11 is 0. The summed E-state index contributed by atoms with van der Waals surface area (Å²) < 4.78 is 11.0. The predicted octanol–water partition coefficient (Wildman–Crippen LogP) is 7.64. The van der Waals surface area contributed by atoms with Crippen LogP contribution in [0.4, 0.5) is 0 Å². The van der Waals surface area contributed by atoms with Gasteiger partial charge in [0, 0.05) is 11.5 Å². The molecule has 0 fully saturated rings. The number of ketones is 1. The lowest BCUT2D eigenvalue weighted by Gasteiger charge is -2.18. The van der Waals surface area contributed by atoms with Crippen LogP contribution in [-0.4, -0.2) is 25.0 Å². The number of carbonyl (C=O) groups excluding carboxylic acids is 2. The molecule has 0 spiro atoms. The summed E-state index contributed by atoms with van der Waals surface area (Å²) in [7, 11) is 0. The molecule has 0 N–H and O–H groups in total. The summed E-state index contributed by atoms with van der Waals surface area (Å²) in [4.78, 5) is 26.2. The van der Waals surface area contributed by atoms with E-state index in [1.165, 1.54) is 0 Å². The van der Waals surface area contributed by atoms with E-state index in [1.807, 2.05) is 43.3 Å². The highest BCUT2D eigenvalue weighted by Crippen LogP contribution is 2.33. The fourth-order valence-corrected chi connectivity index (χ4v) is 3.97. The van der Waals surface area contributed by atoms with Crippen LogP contribution in [0.1, 0.15) is 71.7 Å². The monoisotopic (exact) mass is 470 g/mol. The van der Waals surface area contributed by atoms with Gasteiger partial charge >= 0.3 is 5.97 Å². The lowest BCUT2D eigenvalue weighted by molar-refractivity contribution is 0.0497. The first-order valence-corrected chi connectivity index (χ1v) is 12.3. The molecule has 0 saturated carbocycles. The second-order valence-corrected chi connectivity index (χ2v) is 8.57. The number of benzene rings is 3. The minimum absolute atomic E-state index is 0.0254. The number of carbonyl (C=O) groups is 2. The first kappa shape index (κ1) is 26.0. The van der Waals surface area contributed by atoms with Gasteiger partial charge in [-0.15, -0.1) is 0 Å². The number of hydrogen-bond acceptors (Lipinski definition) is 4. The Morgan fingerprint density at radius 2 is 1.63 bits per heavy atom. The van der Waals surface area contributed by atoms with Crippen LogP contribution in [0.5, 0.6) is 5.75 Å². The molecule has 3 aromatic carbocycles. The van der Waals surface area contributed by atoms with Crippen molar-refractivity contribution in [2.75, 3.05) is 13.2 Å². The van der Waals surface area contributed by atoms with Gasteiger partial charge < -0.3 is 9.47 Å². The third kappa shape index (κ3) is 7.16. The molecule has 0 aliphatic carbocycles. The minimum Gasteiger partial charge on any atom is -0.490 e. The Balaban J connectivity index is 1.86. The van der Waals surface area contributed by atoms with Crippen LogP contribution < -0.4 is 4.74 Å². The molecule has 4 nitrogen and oxygen atoms in total. The van der Waals surface area contributed by atoms with E-state index in [4.69, 9.17) is 9.47 Å². The van der Waals surface area contributed by atoms with Gasteiger partial charge in [-0.05, 0) is 59.5 Å². The first-order valence-electron chi connectivity index (χ1n) is 12.3. The second-order valence-electron chi connectivity index (χ2n) is 8.57. The molecule has 0 aromatic heterocycles. The molecule has 0 radical (unpaired) electrons. The van der Waals surface area contributed by atoms with E-state index in [1.54, 1.807) is 42.5 Å². The summed E-state index contributed by atoms with van der Waals surface area (Å²) in [6, 6.07) is 22.5. The Labute approximate surface area is 208 Å². The number of ether oxygens (including phenoxy) is 2. The fraction of sp³-hybridized carbons (Fsp3) is 0.290. The van der Waals surface area contributed by atoms with E-state index in [-0.39, 0.29) is 11.8 Å². The maximum atomic E-state index is 13.4. The third-order valence-electron chi connectivity index (χ3n) is 5.97. The lowest BCUT2D eigenvalue weighted by atomic mass is 9.85. The maximum absolute atomic E-state index is 13.4.